The number of rotatable bonds is 7. The van der Waals surface area contributed by atoms with E-state index >= 15 is 0 Å². The molecule has 138 valence electrons. The summed E-state index contributed by atoms with van der Waals surface area (Å²) >= 11 is 0. The minimum Gasteiger partial charge on any atom is -0.491 e. The minimum atomic E-state index is 0. The van der Waals surface area contributed by atoms with Gasteiger partial charge < -0.3 is 15.4 Å². The maximum absolute atomic E-state index is 5.91. The summed E-state index contributed by atoms with van der Waals surface area (Å²) in [4.78, 5) is 4.57. The Morgan fingerprint density at radius 3 is 2.52 bits per heavy atom. The molecule has 1 aromatic heterocycles. The van der Waals surface area contributed by atoms with Crippen LogP contribution >= 0.6 is 24.0 Å². The number of aryl methyl sites for hydroxylation is 3. The SMILES string of the molecule is CCNC(=NCc1ccnn1C)NCCOc1c(C)cccc1C.I. The molecule has 2 N–H and O–H groups in total. The highest BCUT2D eigenvalue weighted by atomic mass is 127. The first kappa shape index (κ1) is 21.3. The van der Waals surface area contributed by atoms with Crippen molar-refractivity contribution in [3.8, 4) is 5.75 Å². The molecule has 7 heteroatoms. The second-order valence-electron chi connectivity index (χ2n) is 5.64. The number of nitrogens with one attached hydrogen (secondary N) is 2. The number of aromatic nitrogens is 2. The van der Waals surface area contributed by atoms with E-state index in [1.165, 1.54) is 0 Å². The number of halogens is 1. The second kappa shape index (κ2) is 11.0. The van der Waals surface area contributed by atoms with Gasteiger partial charge in [-0.1, -0.05) is 18.2 Å². The van der Waals surface area contributed by atoms with Gasteiger partial charge in [-0.3, -0.25) is 4.68 Å². The first-order valence-corrected chi connectivity index (χ1v) is 8.30. The van der Waals surface area contributed by atoms with E-state index < -0.39 is 0 Å². The van der Waals surface area contributed by atoms with Crippen molar-refractivity contribution < 1.29 is 4.74 Å². The fourth-order valence-corrected chi connectivity index (χ4v) is 2.41. The van der Waals surface area contributed by atoms with Gasteiger partial charge in [0.2, 0.25) is 0 Å². The first-order valence-electron chi connectivity index (χ1n) is 8.30. The summed E-state index contributed by atoms with van der Waals surface area (Å²) in [5, 5.41) is 10.7. The van der Waals surface area contributed by atoms with E-state index in [9.17, 15) is 0 Å². The van der Waals surface area contributed by atoms with Crippen LogP contribution in [0, 0.1) is 13.8 Å². The van der Waals surface area contributed by atoms with Crippen molar-refractivity contribution in [2.24, 2.45) is 12.0 Å². The molecular formula is C18H28IN5O. The molecule has 1 heterocycles. The average molecular weight is 457 g/mol. The van der Waals surface area contributed by atoms with Gasteiger partial charge >= 0.3 is 0 Å². The van der Waals surface area contributed by atoms with Crippen LogP contribution in [-0.4, -0.2) is 35.4 Å². The molecular weight excluding hydrogens is 429 g/mol. The molecule has 2 aromatic rings. The molecule has 0 radical (unpaired) electrons. The molecule has 0 spiro atoms. The summed E-state index contributed by atoms with van der Waals surface area (Å²) in [6, 6.07) is 8.14. The summed E-state index contributed by atoms with van der Waals surface area (Å²) < 4.78 is 7.74. The normalized spacial score (nSPS) is 11.0. The van der Waals surface area contributed by atoms with Gasteiger partial charge in [-0.15, -0.1) is 24.0 Å². The van der Waals surface area contributed by atoms with Gasteiger partial charge in [0.1, 0.15) is 12.4 Å². The monoisotopic (exact) mass is 457 g/mol. The fourth-order valence-electron chi connectivity index (χ4n) is 2.41. The van der Waals surface area contributed by atoms with Gasteiger partial charge in [-0.25, -0.2) is 4.99 Å². The summed E-state index contributed by atoms with van der Waals surface area (Å²) in [7, 11) is 1.92. The van der Waals surface area contributed by atoms with E-state index in [-0.39, 0.29) is 24.0 Å². The van der Waals surface area contributed by atoms with Gasteiger partial charge in [0, 0.05) is 19.8 Å². The van der Waals surface area contributed by atoms with Crippen molar-refractivity contribution in [2.75, 3.05) is 19.7 Å². The molecule has 0 aliphatic heterocycles. The Hall–Kier alpha value is -1.77. The molecule has 0 saturated heterocycles. The lowest BCUT2D eigenvalue weighted by Gasteiger charge is -2.14. The molecule has 0 unspecified atom stereocenters. The topological polar surface area (TPSA) is 63.5 Å². The summed E-state index contributed by atoms with van der Waals surface area (Å²) in [5.74, 6) is 1.75. The third-order valence-corrected chi connectivity index (χ3v) is 3.72. The van der Waals surface area contributed by atoms with Gasteiger partial charge in [0.15, 0.2) is 5.96 Å². The van der Waals surface area contributed by atoms with Crippen LogP contribution in [0.25, 0.3) is 0 Å². The molecule has 0 atom stereocenters. The number of para-hydroxylation sites is 1. The van der Waals surface area contributed by atoms with Crippen molar-refractivity contribution in [1.29, 1.82) is 0 Å². The molecule has 0 saturated carbocycles. The highest BCUT2D eigenvalue weighted by Gasteiger charge is 2.04. The maximum Gasteiger partial charge on any atom is 0.191 e. The molecule has 1 aromatic carbocycles. The average Bonchev–Trinajstić information content (AvgIpc) is 2.96. The zero-order chi connectivity index (χ0) is 17.4. The lowest BCUT2D eigenvalue weighted by Crippen LogP contribution is -2.39. The number of hydrogen-bond donors (Lipinski definition) is 2. The summed E-state index contributed by atoms with van der Waals surface area (Å²) in [5.41, 5.74) is 3.39. The third kappa shape index (κ3) is 6.56. The second-order valence-corrected chi connectivity index (χ2v) is 5.64. The highest BCUT2D eigenvalue weighted by Crippen LogP contribution is 2.21. The molecule has 0 fully saturated rings. The number of benzene rings is 1. The van der Waals surface area contributed by atoms with Crippen LogP contribution in [0.2, 0.25) is 0 Å². The first-order chi connectivity index (χ1) is 11.6. The smallest absolute Gasteiger partial charge is 0.191 e. The zero-order valence-corrected chi connectivity index (χ0v) is 17.7. The van der Waals surface area contributed by atoms with Crippen LogP contribution < -0.4 is 15.4 Å². The molecule has 0 amide bonds. The van der Waals surface area contributed by atoms with E-state index in [2.05, 4.69) is 53.6 Å². The van der Waals surface area contributed by atoms with Gasteiger partial charge in [0.05, 0.1) is 18.8 Å². The molecule has 6 nitrogen and oxygen atoms in total. The Bertz CT molecular complexity index is 664. The number of guanidine groups is 1. The van der Waals surface area contributed by atoms with E-state index in [1.807, 2.05) is 23.9 Å². The predicted octanol–water partition coefficient (Wildman–Crippen LogP) is 2.79. The van der Waals surface area contributed by atoms with Crippen LogP contribution in [-0.2, 0) is 13.6 Å². The molecule has 0 aliphatic carbocycles. The van der Waals surface area contributed by atoms with Gasteiger partial charge in [0.25, 0.3) is 0 Å². The number of aliphatic imine (C=N–C) groups is 1. The van der Waals surface area contributed by atoms with Crippen LogP contribution in [0.3, 0.4) is 0 Å². The Morgan fingerprint density at radius 1 is 1.20 bits per heavy atom. The Balaban J connectivity index is 0.00000312. The van der Waals surface area contributed by atoms with Crippen molar-refractivity contribution >= 4 is 29.9 Å². The molecule has 0 bridgehead atoms. The molecule has 2 rings (SSSR count). The molecule has 0 aliphatic rings. The van der Waals surface area contributed by atoms with Crippen LogP contribution in [0.4, 0.5) is 0 Å². The van der Waals surface area contributed by atoms with E-state index in [1.54, 1.807) is 6.20 Å². The van der Waals surface area contributed by atoms with Gasteiger partial charge in [-0.2, -0.15) is 5.10 Å². The summed E-state index contributed by atoms with van der Waals surface area (Å²) in [6.07, 6.45) is 1.78. The van der Waals surface area contributed by atoms with Crippen molar-refractivity contribution in [1.82, 2.24) is 20.4 Å². The van der Waals surface area contributed by atoms with E-state index in [0.717, 1.165) is 35.1 Å². The Morgan fingerprint density at radius 2 is 1.92 bits per heavy atom. The largest absolute Gasteiger partial charge is 0.491 e. The van der Waals surface area contributed by atoms with Crippen molar-refractivity contribution in [3.63, 3.8) is 0 Å². The highest BCUT2D eigenvalue weighted by molar-refractivity contribution is 14.0. The van der Waals surface area contributed by atoms with E-state index in [4.69, 9.17) is 4.74 Å². The lowest BCUT2D eigenvalue weighted by molar-refractivity contribution is 0.317. The summed E-state index contributed by atoms with van der Waals surface area (Å²) in [6.45, 7) is 8.85. The lowest BCUT2D eigenvalue weighted by atomic mass is 10.1. The number of nitrogens with zero attached hydrogens (tertiary/aromatic N) is 3. The van der Waals surface area contributed by atoms with Crippen molar-refractivity contribution in [3.05, 3.63) is 47.3 Å². The van der Waals surface area contributed by atoms with Gasteiger partial charge in [-0.05, 0) is 38.0 Å². The fraction of sp³-hybridized carbons (Fsp3) is 0.444. The van der Waals surface area contributed by atoms with Crippen molar-refractivity contribution in [2.45, 2.75) is 27.3 Å². The third-order valence-electron chi connectivity index (χ3n) is 3.72. The standard InChI is InChI=1S/C18H27N5O.HI/c1-5-19-18(21-13-16-9-10-22-23(16)4)20-11-12-24-17-14(2)7-6-8-15(17)3;/h6-10H,5,11-13H2,1-4H3,(H2,19,20,21);1H. The quantitative estimate of drug-likeness (QED) is 0.291. The van der Waals surface area contributed by atoms with Crippen LogP contribution in [0.5, 0.6) is 5.75 Å². The number of ether oxygens (including phenoxy) is 1. The predicted molar refractivity (Wildman–Crippen MR) is 113 cm³/mol. The zero-order valence-electron chi connectivity index (χ0n) is 15.4. The molecule has 25 heavy (non-hydrogen) atoms. The Kier molecular flexibility index (Phi) is 9.33. The number of hydrogen-bond acceptors (Lipinski definition) is 3. The van der Waals surface area contributed by atoms with Crippen LogP contribution in [0.1, 0.15) is 23.7 Å². The maximum atomic E-state index is 5.91. The minimum absolute atomic E-state index is 0. The van der Waals surface area contributed by atoms with E-state index in [0.29, 0.717) is 19.7 Å². The Labute approximate surface area is 167 Å². The van der Waals surface area contributed by atoms with Crippen LogP contribution in [0.15, 0.2) is 35.5 Å².